The minimum Gasteiger partial charge on any atom is -0.493 e. The lowest BCUT2D eigenvalue weighted by Crippen LogP contribution is -2.33. The van der Waals surface area contributed by atoms with Crippen LogP contribution in [0.2, 0.25) is 0 Å². The van der Waals surface area contributed by atoms with Crippen molar-refractivity contribution in [2.24, 2.45) is 5.92 Å². The summed E-state index contributed by atoms with van der Waals surface area (Å²) < 4.78 is 5.78. The molecule has 0 saturated heterocycles. The normalized spacial score (nSPS) is 13.8. The van der Waals surface area contributed by atoms with E-state index < -0.39 is 0 Å². The molecule has 6 heteroatoms. The molecular formula is C27H27N3O3. The van der Waals surface area contributed by atoms with Crippen molar-refractivity contribution in [3.05, 3.63) is 95.9 Å². The second-order valence-electron chi connectivity index (χ2n) is 8.40. The Kier molecular flexibility index (Phi) is 6.54. The molecule has 0 spiro atoms. The number of aromatic nitrogens is 1. The number of benzene rings is 2. The van der Waals surface area contributed by atoms with Crippen LogP contribution in [0.5, 0.6) is 5.75 Å². The molecule has 0 saturated carbocycles. The smallest absolute Gasteiger partial charge is 0.278 e. The van der Waals surface area contributed by atoms with Gasteiger partial charge in [-0.2, -0.15) is 0 Å². The molecule has 33 heavy (non-hydrogen) atoms. The molecule has 1 aliphatic heterocycles. The van der Waals surface area contributed by atoms with Gasteiger partial charge in [0.15, 0.2) is 0 Å². The first-order chi connectivity index (χ1) is 16.0. The van der Waals surface area contributed by atoms with Gasteiger partial charge in [-0.05, 0) is 53.4 Å². The van der Waals surface area contributed by atoms with E-state index in [0.717, 1.165) is 17.0 Å². The van der Waals surface area contributed by atoms with Crippen LogP contribution < -0.4 is 9.64 Å². The molecule has 2 heterocycles. The highest BCUT2D eigenvalue weighted by molar-refractivity contribution is 6.36. The van der Waals surface area contributed by atoms with E-state index in [2.05, 4.69) is 18.8 Å². The molecule has 2 aromatic carbocycles. The lowest BCUT2D eigenvalue weighted by atomic mass is 10.0. The van der Waals surface area contributed by atoms with Crippen molar-refractivity contribution in [3.8, 4) is 5.75 Å². The summed E-state index contributed by atoms with van der Waals surface area (Å²) in [5.41, 5.74) is 3.09. The lowest BCUT2D eigenvalue weighted by molar-refractivity contribution is -0.137. The van der Waals surface area contributed by atoms with Crippen LogP contribution in [-0.4, -0.2) is 35.4 Å². The van der Waals surface area contributed by atoms with Gasteiger partial charge in [0.05, 0.1) is 18.7 Å². The maximum atomic E-state index is 13.5. The number of para-hydroxylation sites is 1. The van der Waals surface area contributed by atoms with Crippen LogP contribution in [-0.2, 0) is 16.1 Å². The molecule has 0 N–H and O–H groups in total. The van der Waals surface area contributed by atoms with E-state index in [1.165, 1.54) is 4.90 Å². The van der Waals surface area contributed by atoms with Gasteiger partial charge in [0.2, 0.25) is 0 Å². The predicted molar refractivity (Wildman–Crippen MR) is 128 cm³/mol. The van der Waals surface area contributed by atoms with Gasteiger partial charge >= 0.3 is 0 Å². The predicted octanol–water partition coefficient (Wildman–Crippen LogP) is 4.53. The van der Waals surface area contributed by atoms with Crippen molar-refractivity contribution in [1.29, 1.82) is 0 Å². The third-order valence-corrected chi connectivity index (χ3v) is 5.44. The topological polar surface area (TPSA) is 62.7 Å². The lowest BCUT2D eigenvalue weighted by Gasteiger charge is -2.21. The van der Waals surface area contributed by atoms with Crippen LogP contribution in [0.25, 0.3) is 5.57 Å². The monoisotopic (exact) mass is 441 g/mol. The number of carbonyl (C=O) groups excluding carboxylic acids is 2. The Bertz CT molecular complexity index is 1160. The molecule has 6 nitrogen and oxygen atoms in total. The number of anilines is 1. The van der Waals surface area contributed by atoms with E-state index in [0.29, 0.717) is 29.4 Å². The molecular weight excluding hydrogens is 414 g/mol. The first-order valence-corrected chi connectivity index (χ1v) is 11.0. The maximum absolute atomic E-state index is 13.5. The zero-order valence-corrected chi connectivity index (χ0v) is 19.1. The first kappa shape index (κ1) is 22.3. The molecule has 0 unspecified atom stereocenters. The van der Waals surface area contributed by atoms with Crippen LogP contribution in [0.15, 0.2) is 84.8 Å². The summed E-state index contributed by atoms with van der Waals surface area (Å²) in [6.45, 7) is 4.97. The Morgan fingerprint density at radius 1 is 0.909 bits per heavy atom. The van der Waals surface area contributed by atoms with Gasteiger partial charge < -0.3 is 9.64 Å². The standard InChI is InChI=1S/C27H27N3O3/c1-19(2)18-33-23-11-9-21(10-12-23)24-25(29(3)22-7-5-4-6-8-22)27(32)30(26(24)31)17-20-13-15-28-16-14-20/h4-16,19H,17-18H2,1-3H3. The van der Waals surface area contributed by atoms with Gasteiger partial charge in [-0.15, -0.1) is 0 Å². The number of rotatable bonds is 8. The van der Waals surface area contributed by atoms with Gasteiger partial charge in [-0.1, -0.05) is 44.2 Å². The summed E-state index contributed by atoms with van der Waals surface area (Å²) in [4.78, 5) is 34.2. The van der Waals surface area contributed by atoms with E-state index in [4.69, 9.17) is 4.74 Å². The van der Waals surface area contributed by atoms with Gasteiger partial charge in [0, 0.05) is 25.1 Å². The zero-order valence-electron chi connectivity index (χ0n) is 19.1. The minimum absolute atomic E-state index is 0.186. The number of pyridine rings is 1. The summed E-state index contributed by atoms with van der Waals surface area (Å²) in [6, 6.07) is 20.5. The maximum Gasteiger partial charge on any atom is 0.278 e. The number of nitrogens with zero attached hydrogens (tertiary/aromatic N) is 3. The largest absolute Gasteiger partial charge is 0.493 e. The summed E-state index contributed by atoms with van der Waals surface area (Å²) >= 11 is 0. The fraction of sp³-hybridized carbons (Fsp3) is 0.222. The Labute approximate surface area is 194 Å². The summed E-state index contributed by atoms with van der Waals surface area (Å²) in [5, 5.41) is 0. The summed E-state index contributed by atoms with van der Waals surface area (Å²) in [5.74, 6) is 0.509. The van der Waals surface area contributed by atoms with Gasteiger partial charge in [0.1, 0.15) is 11.4 Å². The quantitative estimate of drug-likeness (QED) is 0.481. The number of hydrogen-bond donors (Lipinski definition) is 0. The second kappa shape index (κ2) is 9.69. The third-order valence-electron chi connectivity index (χ3n) is 5.44. The highest BCUT2D eigenvalue weighted by Gasteiger charge is 2.41. The molecule has 3 aromatic rings. The van der Waals surface area contributed by atoms with Crippen molar-refractivity contribution in [3.63, 3.8) is 0 Å². The van der Waals surface area contributed by atoms with Crippen molar-refractivity contribution in [1.82, 2.24) is 9.88 Å². The number of amides is 2. The Balaban J connectivity index is 1.72. The van der Waals surface area contributed by atoms with Crippen LogP contribution in [0.3, 0.4) is 0 Å². The van der Waals surface area contributed by atoms with Crippen LogP contribution in [0, 0.1) is 5.92 Å². The van der Waals surface area contributed by atoms with Crippen LogP contribution >= 0.6 is 0 Å². The molecule has 2 amide bonds. The second-order valence-corrected chi connectivity index (χ2v) is 8.40. The Morgan fingerprint density at radius 3 is 2.21 bits per heavy atom. The number of ether oxygens (including phenoxy) is 1. The Morgan fingerprint density at radius 2 is 1.58 bits per heavy atom. The molecule has 0 atom stereocenters. The van der Waals surface area contributed by atoms with Crippen molar-refractivity contribution >= 4 is 23.1 Å². The fourth-order valence-electron chi connectivity index (χ4n) is 3.71. The van der Waals surface area contributed by atoms with Gasteiger partial charge in [0.25, 0.3) is 11.8 Å². The van der Waals surface area contributed by atoms with Crippen molar-refractivity contribution < 1.29 is 14.3 Å². The number of imide groups is 1. The summed E-state index contributed by atoms with van der Waals surface area (Å²) in [7, 11) is 1.81. The third kappa shape index (κ3) is 4.80. The first-order valence-electron chi connectivity index (χ1n) is 11.0. The minimum atomic E-state index is -0.321. The molecule has 168 valence electrons. The van der Waals surface area contributed by atoms with E-state index >= 15 is 0 Å². The summed E-state index contributed by atoms with van der Waals surface area (Å²) in [6.07, 6.45) is 3.31. The molecule has 0 aliphatic carbocycles. The molecule has 0 bridgehead atoms. The van der Waals surface area contributed by atoms with Crippen molar-refractivity contribution in [2.75, 3.05) is 18.6 Å². The van der Waals surface area contributed by atoms with E-state index in [-0.39, 0.29) is 18.4 Å². The van der Waals surface area contributed by atoms with E-state index in [9.17, 15) is 9.59 Å². The number of hydrogen-bond acceptors (Lipinski definition) is 5. The van der Waals surface area contributed by atoms with Gasteiger partial charge in [-0.3, -0.25) is 19.5 Å². The van der Waals surface area contributed by atoms with E-state index in [1.54, 1.807) is 29.4 Å². The zero-order chi connectivity index (χ0) is 23.4. The van der Waals surface area contributed by atoms with Crippen molar-refractivity contribution in [2.45, 2.75) is 20.4 Å². The fourth-order valence-corrected chi connectivity index (χ4v) is 3.71. The molecule has 0 fully saturated rings. The molecule has 1 aliphatic rings. The highest BCUT2D eigenvalue weighted by atomic mass is 16.5. The average Bonchev–Trinajstić information content (AvgIpc) is 3.08. The van der Waals surface area contributed by atoms with E-state index in [1.807, 2.05) is 61.6 Å². The Hall–Kier alpha value is -3.93. The highest BCUT2D eigenvalue weighted by Crippen LogP contribution is 2.34. The average molecular weight is 442 g/mol. The number of likely N-dealkylation sites (N-methyl/N-ethyl adjacent to an activating group) is 1. The number of carbonyl (C=O) groups is 2. The molecule has 0 radical (unpaired) electrons. The van der Waals surface area contributed by atoms with Gasteiger partial charge in [-0.25, -0.2) is 0 Å². The van der Waals surface area contributed by atoms with Crippen LogP contribution in [0.4, 0.5) is 5.69 Å². The molecule has 1 aromatic heterocycles. The SMILES string of the molecule is CC(C)COc1ccc(C2=C(N(C)c3ccccc3)C(=O)N(Cc3ccncc3)C2=O)cc1. The molecule has 4 rings (SSSR count). The van der Waals surface area contributed by atoms with Crippen LogP contribution in [0.1, 0.15) is 25.0 Å².